The van der Waals surface area contributed by atoms with Gasteiger partial charge in [-0.3, -0.25) is 0 Å². The predicted molar refractivity (Wildman–Crippen MR) is 59.5 cm³/mol. The summed E-state index contributed by atoms with van der Waals surface area (Å²) >= 11 is 0. The molecule has 0 amide bonds. The van der Waals surface area contributed by atoms with Gasteiger partial charge in [0.1, 0.15) is 11.9 Å². The van der Waals surface area contributed by atoms with Crippen LogP contribution in [0.1, 0.15) is 22.9 Å². The summed E-state index contributed by atoms with van der Waals surface area (Å²) in [5.41, 5.74) is 8.11. The van der Waals surface area contributed by atoms with Gasteiger partial charge in [-0.25, -0.2) is 14.4 Å². The number of anilines is 1. The highest BCUT2D eigenvalue weighted by atomic mass is 19.1. The number of hydrogen-bond donors (Lipinski definition) is 1. The van der Waals surface area contributed by atoms with Crippen LogP contribution in [0.5, 0.6) is 0 Å². The third-order valence-electron chi connectivity index (χ3n) is 2.74. The molecular weight excluding hydrogens is 221 g/mol. The van der Waals surface area contributed by atoms with Gasteiger partial charge in [-0.15, -0.1) is 0 Å². The van der Waals surface area contributed by atoms with Gasteiger partial charge >= 0.3 is 0 Å². The Balaban J connectivity index is 2.03. The molecule has 0 fully saturated rings. The molecule has 1 unspecified atom stereocenters. The average Bonchev–Trinajstić information content (AvgIpc) is 2.73. The Morgan fingerprint density at radius 3 is 2.82 bits per heavy atom. The number of ether oxygens (including phenoxy) is 1. The summed E-state index contributed by atoms with van der Waals surface area (Å²) in [7, 11) is 0. The van der Waals surface area contributed by atoms with Crippen molar-refractivity contribution in [1.29, 1.82) is 0 Å². The number of rotatable bonds is 1. The lowest BCUT2D eigenvalue weighted by molar-refractivity contribution is 0.0923. The van der Waals surface area contributed by atoms with Gasteiger partial charge in [0.05, 0.1) is 12.3 Å². The second-order valence-corrected chi connectivity index (χ2v) is 3.88. The normalized spacial score (nSPS) is 18.1. The molecule has 5 heteroatoms. The number of benzene rings is 1. The molecule has 86 valence electrons. The Bertz CT molecular complexity index is 556. The molecule has 4 nitrogen and oxygen atoms in total. The van der Waals surface area contributed by atoms with Gasteiger partial charge in [0, 0.05) is 11.8 Å². The first-order chi connectivity index (χ1) is 8.24. The van der Waals surface area contributed by atoms with Crippen LogP contribution in [0.25, 0.3) is 0 Å². The molecule has 1 aliphatic rings. The van der Waals surface area contributed by atoms with Crippen LogP contribution in [0.4, 0.5) is 10.3 Å². The molecule has 3 rings (SSSR count). The van der Waals surface area contributed by atoms with E-state index in [1.807, 2.05) is 0 Å². The van der Waals surface area contributed by atoms with Crippen LogP contribution in [0.15, 0.2) is 30.5 Å². The van der Waals surface area contributed by atoms with Crippen LogP contribution in [0, 0.1) is 5.82 Å². The molecule has 0 saturated carbocycles. The van der Waals surface area contributed by atoms with E-state index in [9.17, 15) is 4.39 Å². The lowest BCUT2D eigenvalue weighted by atomic mass is 10.1. The molecule has 2 aromatic rings. The minimum Gasteiger partial charge on any atom is -0.368 e. The Hall–Kier alpha value is -2.01. The van der Waals surface area contributed by atoms with Crippen LogP contribution in [-0.4, -0.2) is 9.97 Å². The van der Waals surface area contributed by atoms with E-state index >= 15 is 0 Å². The van der Waals surface area contributed by atoms with E-state index in [-0.39, 0.29) is 17.9 Å². The molecule has 1 aromatic carbocycles. The van der Waals surface area contributed by atoms with Crippen LogP contribution in [-0.2, 0) is 11.3 Å². The molecule has 2 heterocycles. The van der Waals surface area contributed by atoms with Crippen molar-refractivity contribution in [2.45, 2.75) is 12.7 Å². The van der Waals surface area contributed by atoms with Gasteiger partial charge in [0.25, 0.3) is 0 Å². The lowest BCUT2D eigenvalue weighted by Crippen LogP contribution is -2.04. The lowest BCUT2D eigenvalue weighted by Gasteiger charge is -2.10. The van der Waals surface area contributed by atoms with Crippen molar-refractivity contribution >= 4 is 5.95 Å². The van der Waals surface area contributed by atoms with Crippen LogP contribution in [0.2, 0.25) is 0 Å². The molecule has 0 spiro atoms. The van der Waals surface area contributed by atoms with E-state index in [2.05, 4.69) is 9.97 Å². The zero-order valence-corrected chi connectivity index (χ0v) is 8.93. The summed E-state index contributed by atoms with van der Waals surface area (Å²) in [4.78, 5) is 8.10. The number of nitrogens with two attached hydrogens (primary N) is 1. The summed E-state index contributed by atoms with van der Waals surface area (Å²) in [5.74, 6) is -0.0458. The summed E-state index contributed by atoms with van der Waals surface area (Å²) in [6.45, 7) is 0.456. The molecule has 0 bridgehead atoms. The smallest absolute Gasteiger partial charge is 0.220 e. The van der Waals surface area contributed by atoms with Gasteiger partial charge in [0.15, 0.2) is 0 Å². The fourth-order valence-electron chi connectivity index (χ4n) is 1.92. The minimum absolute atomic E-state index is 0.223. The summed E-state index contributed by atoms with van der Waals surface area (Å²) in [6.07, 6.45) is 1.39. The number of fused-ring (bicyclic) bond motifs is 1. The molecule has 1 aromatic heterocycles. The second kappa shape index (κ2) is 3.78. The molecule has 1 aliphatic heterocycles. The third-order valence-corrected chi connectivity index (χ3v) is 2.74. The Labute approximate surface area is 97.3 Å². The minimum atomic E-state index is -0.282. The zero-order chi connectivity index (χ0) is 11.8. The van der Waals surface area contributed by atoms with Gasteiger partial charge < -0.3 is 10.5 Å². The monoisotopic (exact) mass is 231 g/mol. The fraction of sp³-hybridized carbons (Fsp3) is 0.167. The van der Waals surface area contributed by atoms with E-state index in [4.69, 9.17) is 10.5 Å². The second-order valence-electron chi connectivity index (χ2n) is 3.88. The fourth-order valence-corrected chi connectivity index (χ4v) is 1.92. The maximum atomic E-state index is 12.8. The summed E-state index contributed by atoms with van der Waals surface area (Å²) in [5, 5.41) is 0. The molecule has 0 aliphatic carbocycles. The van der Waals surface area contributed by atoms with Crippen LogP contribution in [0.3, 0.4) is 0 Å². The topological polar surface area (TPSA) is 61.0 Å². The van der Waals surface area contributed by atoms with Crippen molar-refractivity contribution in [3.05, 3.63) is 53.1 Å². The number of nitrogens with zero attached hydrogens (tertiary/aromatic N) is 2. The number of halogens is 1. The number of hydrogen-bond acceptors (Lipinski definition) is 4. The van der Waals surface area contributed by atoms with Crippen molar-refractivity contribution in [1.82, 2.24) is 9.97 Å². The first-order valence-electron chi connectivity index (χ1n) is 5.22. The first-order valence-corrected chi connectivity index (χ1v) is 5.22. The number of nitrogen functional groups attached to an aromatic ring is 1. The molecule has 2 N–H and O–H groups in total. The number of aromatic nitrogens is 2. The van der Waals surface area contributed by atoms with Gasteiger partial charge in [0.2, 0.25) is 5.95 Å². The Morgan fingerprint density at radius 2 is 2.06 bits per heavy atom. The van der Waals surface area contributed by atoms with E-state index < -0.39 is 0 Å². The largest absolute Gasteiger partial charge is 0.368 e. The summed E-state index contributed by atoms with van der Waals surface area (Å²) < 4.78 is 18.5. The quantitative estimate of drug-likeness (QED) is 0.813. The molecule has 17 heavy (non-hydrogen) atoms. The summed E-state index contributed by atoms with van der Waals surface area (Å²) in [6, 6.07) is 6.18. The van der Waals surface area contributed by atoms with Crippen LogP contribution >= 0.6 is 0 Å². The maximum absolute atomic E-state index is 12.8. The highest BCUT2D eigenvalue weighted by Crippen LogP contribution is 2.34. The van der Waals surface area contributed by atoms with Gasteiger partial charge in [-0.05, 0) is 17.7 Å². The Kier molecular flexibility index (Phi) is 2.26. The maximum Gasteiger partial charge on any atom is 0.220 e. The van der Waals surface area contributed by atoms with E-state index in [0.717, 1.165) is 16.8 Å². The van der Waals surface area contributed by atoms with E-state index in [1.165, 1.54) is 12.1 Å². The molecule has 0 saturated heterocycles. The Morgan fingerprint density at radius 1 is 1.29 bits per heavy atom. The molecular formula is C12H10FN3O. The van der Waals surface area contributed by atoms with Crippen molar-refractivity contribution in [2.75, 3.05) is 5.73 Å². The average molecular weight is 231 g/mol. The van der Waals surface area contributed by atoms with E-state index in [0.29, 0.717) is 6.61 Å². The van der Waals surface area contributed by atoms with E-state index in [1.54, 1.807) is 18.3 Å². The van der Waals surface area contributed by atoms with Crippen molar-refractivity contribution in [3.8, 4) is 0 Å². The predicted octanol–water partition coefficient (Wildman–Crippen LogP) is 1.82. The van der Waals surface area contributed by atoms with Gasteiger partial charge in [-0.2, -0.15) is 0 Å². The zero-order valence-electron chi connectivity index (χ0n) is 8.93. The molecule has 1 atom stereocenters. The van der Waals surface area contributed by atoms with Crippen molar-refractivity contribution in [3.63, 3.8) is 0 Å². The van der Waals surface area contributed by atoms with Gasteiger partial charge in [-0.1, -0.05) is 12.1 Å². The highest BCUT2D eigenvalue weighted by molar-refractivity contribution is 5.35. The first kappa shape index (κ1) is 10.2. The third kappa shape index (κ3) is 1.74. The standard InChI is InChI=1S/C12H10FN3O/c13-9-3-1-7(2-4-9)11-10-8(6-17-11)5-15-12(14)16-10/h1-5,11H,6H2,(H2,14,15,16). The van der Waals surface area contributed by atoms with Crippen molar-refractivity contribution in [2.24, 2.45) is 0 Å². The highest BCUT2D eigenvalue weighted by Gasteiger charge is 2.27. The molecule has 0 radical (unpaired) electrons. The van der Waals surface area contributed by atoms with Crippen LogP contribution < -0.4 is 5.73 Å². The van der Waals surface area contributed by atoms with Crippen molar-refractivity contribution < 1.29 is 9.13 Å². The SMILES string of the molecule is Nc1ncc2c(n1)C(c1ccc(F)cc1)OC2.